The van der Waals surface area contributed by atoms with Gasteiger partial charge in [-0.05, 0) is 31.0 Å². The highest BCUT2D eigenvalue weighted by atomic mass is 32.1. The van der Waals surface area contributed by atoms with E-state index in [4.69, 9.17) is 14.5 Å². The van der Waals surface area contributed by atoms with Crippen molar-refractivity contribution < 1.29 is 9.47 Å². The second-order valence-electron chi connectivity index (χ2n) is 7.64. The van der Waals surface area contributed by atoms with Gasteiger partial charge in [0.25, 0.3) is 0 Å². The van der Waals surface area contributed by atoms with Crippen LogP contribution in [0.4, 0.5) is 0 Å². The van der Waals surface area contributed by atoms with Crippen LogP contribution in [0.2, 0.25) is 0 Å². The van der Waals surface area contributed by atoms with E-state index >= 15 is 0 Å². The monoisotopic (exact) mass is 429 g/mol. The van der Waals surface area contributed by atoms with Gasteiger partial charge in [0.05, 0.1) is 10.7 Å². The van der Waals surface area contributed by atoms with Gasteiger partial charge in [-0.25, -0.2) is 4.98 Å². The first kappa shape index (κ1) is 20.9. The van der Waals surface area contributed by atoms with Crippen molar-refractivity contribution >= 4 is 17.3 Å². The summed E-state index contributed by atoms with van der Waals surface area (Å²) in [5, 5.41) is 4.73. The first-order valence-electron chi connectivity index (χ1n) is 10.7. The summed E-state index contributed by atoms with van der Waals surface area (Å²) < 4.78 is 10.9. The van der Waals surface area contributed by atoms with Crippen LogP contribution in [0.25, 0.3) is 0 Å². The Hall–Kier alpha value is -2.32. The van der Waals surface area contributed by atoms with Crippen molar-refractivity contribution in [2.24, 2.45) is 4.99 Å². The zero-order valence-corrected chi connectivity index (χ0v) is 18.9. The Morgan fingerprint density at radius 2 is 2.00 bits per heavy atom. The van der Waals surface area contributed by atoms with Crippen molar-refractivity contribution in [1.82, 2.24) is 20.1 Å². The maximum Gasteiger partial charge on any atom is 0.231 e. The second-order valence-corrected chi connectivity index (χ2v) is 8.93. The fraction of sp³-hybridized carbons (Fsp3) is 0.545. The van der Waals surface area contributed by atoms with Crippen LogP contribution >= 0.6 is 11.3 Å². The van der Waals surface area contributed by atoms with Crippen LogP contribution in [0.3, 0.4) is 0 Å². The number of piperazine rings is 1. The highest BCUT2D eigenvalue weighted by molar-refractivity contribution is 7.11. The summed E-state index contributed by atoms with van der Waals surface area (Å²) >= 11 is 1.81. The van der Waals surface area contributed by atoms with Gasteiger partial charge in [-0.1, -0.05) is 13.0 Å². The highest BCUT2D eigenvalue weighted by Gasteiger charge is 2.21. The highest BCUT2D eigenvalue weighted by Crippen LogP contribution is 2.32. The zero-order valence-electron chi connectivity index (χ0n) is 18.1. The summed E-state index contributed by atoms with van der Waals surface area (Å²) in [6.07, 6.45) is 1.95. The molecule has 0 atom stereocenters. The lowest BCUT2D eigenvalue weighted by Gasteiger charge is -2.36. The van der Waals surface area contributed by atoms with Crippen molar-refractivity contribution in [3.63, 3.8) is 0 Å². The molecule has 0 amide bonds. The summed E-state index contributed by atoms with van der Waals surface area (Å²) in [4.78, 5) is 15.4. The number of thiazole rings is 1. The predicted molar refractivity (Wildman–Crippen MR) is 121 cm³/mol. The van der Waals surface area contributed by atoms with Gasteiger partial charge in [0.15, 0.2) is 17.5 Å². The van der Waals surface area contributed by atoms with Crippen molar-refractivity contribution in [3.05, 3.63) is 39.3 Å². The summed E-state index contributed by atoms with van der Waals surface area (Å²) in [5.41, 5.74) is 2.50. The minimum absolute atomic E-state index is 0.325. The van der Waals surface area contributed by atoms with Crippen LogP contribution in [0.15, 0.2) is 23.2 Å². The van der Waals surface area contributed by atoms with E-state index in [9.17, 15) is 0 Å². The van der Waals surface area contributed by atoms with Gasteiger partial charge in [0.2, 0.25) is 6.79 Å². The molecule has 0 bridgehead atoms. The fourth-order valence-electron chi connectivity index (χ4n) is 3.95. The first-order chi connectivity index (χ1) is 14.7. The van der Waals surface area contributed by atoms with E-state index in [-0.39, 0.29) is 0 Å². The Kier molecular flexibility index (Phi) is 6.74. The molecule has 1 aromatic carbocycles. The molecular weight excluding hydrogens is 398 g/mol. The van der Waals surface area contributed by atoms with Crippen molar-refractivity contribution in [2.75, 3.05) is 46.6 Å². The number of guanidine groups is 1. The molecule has 0 unspecified atom stereocenters. The number of hydrogen-bond acceptors (Lipinski definition) is 6. The van der Waals surface area contributed by atoms with Crippen molar-refractivity contribution in [1.29, 1.82) is 0 Å². The number of ether oxygens (including phenoxy) is 2. The molecule has 2 aliphatic heterocycles. The standard InChI is InChI=1S/C22H31N5O2S/c1-4-18-16(2)30-21(25-18)7-8-24-22(23-3)27-11-9-26(10-12-27)14-17-5-6-19-20(13-17)29-15-28-19/h5-6,13H,4,7-12,14-15H2,1-3H3,(H,23,24). The Bertz CT molecular complexity index is 890. The number of rotatable bonds is 6. The van der Waals surface area contributed by atoms with Gasteiger partial charge in [0, 0.05) is 57.6 Å². The number of aliphatic imine (C=N–C) groups is 1. The lowest BCUT2D eigenvalue weighted by molar-refractivity contribution is 0.171. The smallest absolute Gasteiger partial charge is 0.231 e. The maximum absolute atomic E-state index is 5.50. The van der Waals surface area contributed by atoms with E-state index in [0.717, 1.165) is 69.6 Å². The summed E-state index contributed by atoms with van der Waals surface area (Å²) in [5.74, 6) is 2.69. The Morgan fingerprint density at radius 3 is 2.73 bits per heavy atom. The summed E-state index contributed by atoms with van der Waals surface area (Å²) in [6.45, 7) is 10.4. The molecule has 1 aromatic heterocycles. The summed E-state index contributed by atoms with van der Waals surface area (Å²) in [6, 6.07) is 6.23. The number of nitrogens with zero attached hydrogens (tertiary/aromatic N) is 4. The van der Waals surface area contributed by atoms with E-state index in [1.165, 1.54) is 21.1 Å². The quantitative estimate of drug-likeness (QED) is 0.563. The van der Waals surface area contributed by atoms with Crippen LogP contribution < -0.4 is 14.8 Å². The largest absolute Gasteiger partial charge is 0.454 e. The molecule has 7 nitrogen and oxygen atoms in total. The van der Waals surface area contributed by atoms with Gasteiger partial charge in [0.1, 0.15) is 0 Å². The average Bonchev–Trinajstić information content (AvgIpc) is 3.37. The average molecular weight is 430 g/mol. The Morgan fingerprint density at radius 1 is 1.20 bits per heavy atom. The molecule has 0 spiro atoms. The van der Waals surface area contributed by atoms with E-state index in [2.05, 4.69) is 46.1 Å². The minimum Gasteiger partial charge on any atom is -0.454 e. The van der Waals surface area contributed by atoms with Crippen LogP contribution in [0.5, 0.6) is 11.5 Å². The van der Waals surface area contributed by atoms with E-state index in [1.54, 1.807) is 0 Å². The van der Waals surface area contributed by atoms with Crippen molar-refractivity contribution in [2.45, 2.75) is 33.2 Å². The topological polar surface area (TPSA) is 62.2 Å². The number of aryl methyl sites for hydroxylation is 2. The molecule has 1 fully saturated rings. The van der Waals surface area contributed by atoms with E-state index in [1.807, 2.05) is 24.5 Å². The molecule has 0 radical (unpaired) electrons. The number of fused-ring (bicyclic) bond motifs is 1. The van der Waals surface area contributed by atoms with Gasteiger partial charge < -0.3 is 19.7 Å². The molecule has 1 N–H and O–H groups in total. The molecule has 3 heterocycles. The molecule has 0 aliphatic carbocycles. The van der Waals surface area contributed by atoms with Gasteiger partial charge in [-0.15, -0.1) is 11.3 Å². The maximum atomic E-state index is 5.50. The normalized spacial score (nSPS) is 16.9. The third kappa shape index (κ3) is 4.87. The lowest BCUT2D eigenvalue weighted by Crippen LogP contribution is -2.52. The summed E-state index contributed by atoms with van der Waals surface area (Å²) in [7, 11) is 1.87. The number of nitrogens with one attached hydrogen (secondary N) is 1. The van der Waals surface area contributed by atoms with Crippen LogP contribution in [0.1, 0.15) is 28.1 Å². The molecular formula is C22H31N5O2S. The minimum atomic E-state index is 0.325. The molecule has 0 saturated carbocycles. The van der Waals surface area contributed by atoms with Gasteiger partial charge in [-0.3, -0.25) is 9.89 Å². The third-order valence-corrected chi connectivity index (χ3v) is 6.69. The van der Waals surface area contributed by atoms with Gasteiger partial charge >= 0.3 is 0 Å². The van der Waals surface area contributed by atoms with Crippen LogP contribution in [-0.4, -0.2) is 67.3 Å². The van der Waals surface area contributed by atoms with Crippen LogP contribution in [-0.2, 0) is 19.4 Å². The SMILES string of the molecule is CCc1nc(CCNC(=NC)N2CCN(Cc3ccc4c(c3)OCO4)CC2)sc1C. The molecule has 1 saturated heterocycles. The predicted octanol–water partition coefficient (Wildman–Crippen LogP) is 2.68. The molecule has 8 heteroatoms. The number of hydrogen-bond donors (Lipinski definition) is 1. The molecule has 4 rings (SSSR count). The Balaban J connectivity index is 1.23. The van der Waals surface area contributed by atoms with E-state index < -0.39 is 0 Å². The molecule has 2 aliphatic rings. The second kappa shape index (κ2) is 9.66. The first-order valence-corrected chi connectivity index (χ1v) is 11.5. The molecule has 2 aromatic rings. The van der Waals surface area contributed by atoms with E-state index in [0.29, 0.717) is 6.79 Å². The van der Waals surface area contributed by atoms with Gasteiger partial charge in [-0.2, -0.15) is 0 Å². The third-order valence-electron chi connectivity index (χ3n) is 5.62. The van der Waals surface area contributed by atoms with Crippen molar-refractivity contribution in [3.8, 4) is 11.5 Å². The molecule has 30 heavy (non-hydrogen) atoms. The zero-order chi connectivity index (χ0) is 20.9. The Labute approximate surface area is 182 Å². The lowest BCUT2D eigenvalue weighted by atomic mass is 10.1. The fourth-order valence-corrected chi connectivity index (χ4v) is 4.97. The number of aromatic nitrogens is 1. The number of benzene rings is 1. The molecule has 162 valence electrons. The van der Waals surface area contributed by atoms with Crippen LogP contribution in [0, 0.1) is 6.92 Å².